The van der Waals surface area contributed by atoms with Crippen LogP contribution in [-0.4, -0.2) is 34.4 Å². The Balaban J connectivity index is 1.99. The van der Waals surface area contributed by atoms with E-state index in [2.05, 4.69) is 29.8 Å². The summed E-state index contributed by atoms with van der Waals surface area (Å²) in [6, 6.07) is 6.19. The van der Waals surface area contributed by atoms with Gasteiger partial charge < -0.3 is 10.6 Å². The normalized spacial score (nSPS) is 22.7. The van der Waals surface area contributed by atoms with E-state index in [-0.39, 0.29) is 11.9 Å². The highest BCUT2D eigenvalue weighted by Gasteiger charge is 2.31. The van der Waals surface area contributed by atoms with E-state index in [1.54, 1.807) is 0 Å². The summed E-state index contributed by atoms with van der Waals surface area (Å²) in [7, 11) is 0. The van der Waals surface area contributed by atoms with E-state index in [1.807, 2.05) is 34.9 Å². The average molecular weight is 385 g/mol. The minimum absolute atomic E-state index is 0.0736. The molecule has 2 aromatic rings. The predicted octanol–water partition coefficient (Wildman–Crippen LogP) is 4.21. The number of benzene rings is 1. The lowest BCUT2D eigenvalue weighted by Crippen LogP contribution is -2.47. The van der Waals surface area contributed by atoms with E-state index in [9.17, 15) is 4.79 Å². The molecule has 1 amide bonds. The van der Waals surface area contributed by atoms with Crippen molar-refractivity contribution < 1.29 is 4.79 Å². The van der Waals surface area contributed by atoms with Gasteiger partial charge in [0.2, 0.25) is 0 Å². The summed E-state index contributed by atoms with van der Waals surface area (Å²) >= 11 is 6.88. The second-order valence-electron chi connectivity index (χ2n) is 5.30. The van der Waals surface area contributed by atoms with Crippen LogP contribution in [0.3, 0.4) is 0 Å². The molecule has 112 valence electrons. The molecule has 1 aromatic heterocycles. The topological polar surface area (TPSA) is 46.3 Å². The van der Waals surface area contributed by atoms with Crippen molar-refractivity contribution in [2.45, 2.75) is 25.1 Å². The second-order valence-corrected chi connectivity index (χ2v) is 8.75. The number of carbonyl (C=O) groups excluding carboxylic acids is 1. The molecule has 2 unspecified atom stereocenters. The standard InChI is InChI=1S/C15H17BrN2OS2/c1-8-9(2)20-6-5-18(8)15(19)14-13(17)11-4-3-10(16)7-12(11)21-14/h3-4,7-9H,5-6,17H2,1-2H3. The van der Waals surface area contributed by atoms with Crippen LogP contribution < -0.4 is 5.73 Å². The van der Waals surface area contributed by atoms with E-state index in [4.69, 9.17) is 5.73 Å². The molecule has 0 bridgehead atoms. The third-order valence-corrected chi connectivity index (χ3v) is 7.02. The average Bonchev–Trinajstić information content (AvgIpc) is 2.78. The number of fused-ring (bicyclic) bond motifs is 1. The monoisotopic (exact) mass is 384 g/mol. The first-order valence-electron chi connectivity index (χ1n) is 6.89. The number of nitrogens with zero attached hydrogens (tertiary/aromatic N) is 1. The predicted molar refractivity (Wildman–Crippen MR) is 96.4 cm³/mol. The van der Waals surface area contributed by atoms with Crippen LogP contribution in [0.1, 0.15) is 23.5 Å². The number of rotatable bonds is 1. The molecular weight excluding hydrogens is 368 g/mol. The summed E-state index contributed by atoms with van der Waals surface area (Å²) in [6.07, 6.45) is 0. The lowest BCUT2D eigenvalue weighted by Gasteiger charge is -2.37. The van der Waals surface area contributed by atoms with Gasteiger partial charge in [0.15, 0.2) is 0 Å². The Morgan fingerprint density at radius 2 is 2.19 bits per heavy atom. The van der Waals surface area contributed by atoms with Crippen LogP contribution in [0.25, 0.3) is 10.1 Å². The van der Waals surface area contributed by atoms with Gasteiger partial charge in [-0.05, 0) is 19.1 Å². The molecule has 0 spiro atoms. The Kier molecular flexibility index (Phi) is 4.21. The van der Waals surface area contributed by atoms with Crippen LogP contribution in [0.4, 0.5) is 5.69 Å². The van der Waals surface area contributed by atoms with Crippen molar-refractivity contribution >= 4 is 60.7 Å². The fraction of sp³-hybridized carbons (Fsp3) is 0.400. The van der Waals surface area contributed by atoms with Crippen molar-refractivity contribution in [1.29, 1.82) is 0 Å². The number of thiophene rings is 1. The Hall–Kier alpha value is -0.720. The van der Waals surface area contributed by atoms with Gasteiger partial charge in [-0.25, -0.2) is 0 Å². The van der Waals surface area contributed by atoms with Crippen LogP contribution >= 0.6 is 39.0 Å². The van der Waals surface area contributed by atoms with Gasteiger partial charge in [-0.1, -0.05) is 28.9 Å². The smallest absolute Gasteiger partial charge is 0.266 e. The van der Waals surface area contributed by atoms with E-state index in [1.165, 1.54) is 11.3 Å². The molecule has 3 rings (SSSR count). The summed E-state index contributed by atoms with van der Waals surface area (Å²) in [5.41, 5.74) is 6.84. The Morgan fingerprint density at radius 1 is 1.43 bits per heavy atom. The van der Waals surface area contributed by atoms with Gasteiger partial charge in [0.1, 0.15) is 4.88 Å². The maximum Gasteiger partial charge on any atom is 0.266 e. The summed E-state index contributed by atoms with van der Waals surface area (Å²) in [4.78, 5) is 15.5. The van der Waals surface area contributed by atoms with Crippen LogP contribution in [0.5, 0.6) is 0 Å². The molecule has 0 saturated carbocycles. The van der Waals surface area contributed by atoms with Gasteiger partial charge in [0.05, 0.1) is 5.69 Å². The van der Waals surface area contributed by atoms with E-state index in [0.717, 1.165) is 26.9 Å². The van der Waals surface area contributed by atoms with Crippen LogP contribution in [0.2, 0.25) is 0 Å². The molecule has 2 N–H and O–H groups in total. The Labute approximate surface area is 141 Å². The third-order valence-electron chi connectivity index (χ3n) is 4.03. The van der Waals surface area contributed by atoms with Gasteiger partial charge in [-0.2, -0.15) is 11.8 Å². The van der Waals surface area contributed by atoms with Gasteiger partial charge in [-0.15, -0.1) is 11.3 Å². The molecule has 1 saturated heterocycles. The number of anilines is 1. The van der Waals surface area contributed by atoms with Crippen molar-refractivity contribution in [3.05, 3.63) is 27.5 Å². The quantitative estimate of drug-likeness (QED) is 0.800. The first kappa shape index (κ1) is 15.2. The summed E-state index contributed by atoms with van der Waals surface area (Å²) in [6.45, 7) is 5.10. The molecule has 0 radical (unpaired) electrons. The van der Waals surface area contributed by atoms with Crippen molar-refractivity contribution in [2.75, 3.05) is 18.0 Å². The van der Waals surface area contributed by atoms with Crippen molar-refractivity contribution in [1.82, 2.24) is 4.90 Å². The fourth-order valence-electron chi connectivity index (χ4n) is 2.60. The maximum absolute atomic E-state index is 12.9. The minimum Gasteiger partial charge on any atom is -0.397 e. The summed E-state index contributed by atoms with van der Waals surface area (Å²) in [5.74, 6) is 1.07. The van der Waals surface area contributed by atoms with Gasteiger partial charge >= 0.3 is 0 Å². The Bertz CT molecular complexity index is 700. The molecule has 0 aliphatic carbocycles. The number of thioether (sulfide) groups is 1. The van der Waals surface area contributed by atoms with Crippen molar-refractivity contribution in [2.24, 2.45) is 0 Å². The van der Waals surface area contributed by atoms with Crippen molar-refractivity contribution in [3.8, 4) is 0 Å². The highest BCUT2D eigenvalue weighted by molar-refractivity contribution is 9.10. The third kappa shape index (κ3) is 2.69. The number of hydrogen-bond acceptors (Lipinski definition) is 4. The minimum atomic E-state index is 0.0736. The zero-order valence-corrected chi connectivity index (χ0v) is 15.1. The number of amides is 1. The fourth-order valence-corrected chi connectivity index (χ4v) is 5.33. The van der Waals surface area contributed by atoms with Gasteiger partial charge in [0.25, 0.3) is 5.91 Å². The van der Waals surface area contributed by atoms with E-state index in [0.29, 0.717) is 15.8 Å². The zero-order chi connectivity index (χ0) is 15.1. The van der Waals surface area contributed by atoms with Gasteiger partial charge in [-0.3, -0.25) is 4.79 Å². The lowest BCUT2D eigenvalue weighted by atomic mass is 10.1. The molecule has 21 heavy (non-hydrogen) atoms. The van der Waals surface area contributed by atoms with Crippen LogP contribution in [0, 0.1) is 0 Å². The van der Waals surface area contributed by atoms with Crippen LogP contribution in [0.15, 0.2) is 22.7 Å². The summed E-state index contributed by atoms with van der Waals surface area (Å²) in [5, 5.41) is 1.44. The number of nitrogens with two attached hydrogens (primary N) is 1. The number of carbonyl (C=O) groups is 1. The number of nitrogen functional groups attached to an aromatic ring is 1. The second kappa shape index (κ2) is 5.82. The zero-order valence-electron chi connectivity index (χ0n) is 11.9. The molecule has 3 nitrogen and oxygen atoms in total. The van der Waals surface area contributed by atoms with E-state index >= 15 is 0 Å². The molecule has 6 heteroatoms. The molecule has 2 heterocycles. The SMILES string of the molecule is CC1SCCN(C(=O)c2sc3cc(Br)ccc3c2N)C1C. The van der Waals surface area contributed by atoms with Crippen LogP contribution in [-0.2, 0) is 0 Å². The van der Waals surface area contributed by atoms with E-state index < -0.39 is 0 Å². The highest BCUT2D eigenvalue weighted by Crippen LogP contribution is 2.37. The molecule has 1 aromatic carbocycles. The molecule has 1 aliphatic heterocycles. The number of halogens is 1. The molecule has 1 aliphatic rings. The van der Waals surface area contributed by atoms with Crippen molar-refractivity contribution in [3.63, 3.8) is 0 Å². The first-order valence-corrected chi connectivity index (χ1v) is 9.55. The molecule has 2 atom stereocenters. The largest absolute Gasteiger partial charge is 0.397 e. The molecular formula is C15H17BrN2OS2. The number of hydrogen-bond donors (Lipinski definition) is 1. The van der Waals surface area contributed by atoms with Gasteiger partial charge in [0, 0.05) is 38.1 Å². The lowest BCUT2D eigenvalue weighted by molar-refractivity contribution is 0.0704. The summed E-state index contributed by atoms with van der Waals surface area (Å²) < 4.78 is 2.06. The first-order chi connectivity index (χ1) is 9.99. The highest BCUT2D eigenvalue weighted by atomic mass is 79.9. The molecule has 1 fully saturated rings. The maximum atomic E-state index is 12.9. The Morgan fingerprint density at radius 3 is 2.95 bits per heavy atom.